The Bertz CT molecular complexity index is 785. The third kappa shape index (κ3) is 6.49. The summed E-state index contributed by atoms with van der Waals surface area (Å²) in [6.07, 6.45) is -3.83. The van der Waals surface area contributed by atoms with Crippen molar-refractivity contribution in [2.24, 2.45) is 0 Å². The van der Waals surface area contributed by atoms with Gasteiger partial charge >= 0.3 is 13.0 Å². The van der Waals surface area contributed by atoms with Gasteiger partial charge in [0.2, 0.25) is 0 Å². The molecule has 0 heterocycles. The zero-order valence-electron chi connectivity index (χ0n) is 14.9. The van der Waals surface area contributed by atoms with Gasteiger partial charge in [-0.3, -0.25) is 4.52 Å². The fourth-order valence-electron chi connectivity index (χ4n) is 2.09. The molecule has 1 unspecified atom stereocenters. The lowest BCUT2D eigenvalue weighted by Crippen LogP contribution is -2.08. The van der Waals surface area contributed by atoms with Crippen molar-refractivity contribution in [2.45, 2.75) is 36.2 Å². The zero-order valence-corrected chi connectivity index (χ0v) is 17.4. The van der Waals surface area contributed by atoms with Gasteiger partial charge in [-0.1, -0.05) is 43.0 Å². The molecule has 0 aliphatic carbocycles. The predicted octanol–water partition coefficient (Wildman–Crippen LogP) is 7.52. The number of hydrogen-bond donors (Lipinski definition) is 0. The lowest BCUT2D eigenvalue weighted by molar-refractivity contribution is -0.139. The van der Waals surface area contributed by atoms with Crippen molar-refractivity contribution in [1.82, 2.24) is 0 Å². The molecule has 0 N–H and O–H groups in total. The van der Waals surface area contributed by atoms with Crippen LogP contribution in [0.5, 0.6) is 5.75 Å². The molecule has 2 rings (SSSR count). The topological polar surface area (TPSA) is 35.5 Å². The van der Waals surface area contributed by atoms with Crippen LogP contribution in [-0.2, 0) is 15.3 Å². The molecular formula is C18H20F3O3PS2. The first-order valence-electron chi connectivity index (χ1n) is 8.31. The molecule has 3 nitrogen and oxygen atoms in total. The fraction of sp³-hybridized carbons (Fsp3) is 0.333. The normalized spacial score (nSPS) is 14.0. The maximum atomic E-state index is 13.5. The number of rotatable bonds is 9. The van der Waals surface area contributed by atoms with E-state index in [-0.39, 0.29) is 17.3 Å². The van der Waals surface area contributed by atoms with Crippen LogP contribution in [0, 0.1) is 0 Å². The summed E-state index contributed by atoms with van der Waals surface area (Å²) in [5, 5.41) is 0. The predicted molar refractivity (Wildman–Crippen MR) is 105 cm³/mol. The van der Waals surface area contributed by atoms with E-state index in [4.69, 9.17) is 9.05 Å². The summed E-state index contributed by atoms with van der Waals surface area (Å²) in [4.78, 5) is 0.486. The van der Waals surface area contributed by atoms with E-state index in [1.165, 1.54) is 12.1 Å². The van der Waals surface area contributed by atoms with Crippen molar-refractivity contribution in [3.8, 4) is 5.75 Å². The van der Waals surface area contributed by atoms with Crippen molar-refractivity contribution < 1.29 is 26.8 Å². The minimum atomic E-state index is -4.57. The Kier molecular flexibility index (Phi) is 8.16. The van der Waals surface area contributed by atoms with Gasteiger partial charge in [0.1, 0.15) is 5.75 Å². The SMILES string of the molecule is CCCSP(=O)(OCC)Oc1cccc(C(F)(F)F)c1Sc1ccccc1. The lowest BCUT2D eigenvalue weighted by Gasteiger charge is -2.21. The number of alkyl halides is 3. The molecule has 1 atom stereocenters. The van der Waals surface area contributed by atoms with Gasteiger partial charge in [-0.15, -0.1) is 0 Å². The molecule has 2 aromatic carbocycles. The van der Waals surface area contributed by atoms with Gasteiger partial charge in [-0.05, 0) is 49.0 Å². The highest BCUT2D eigenvalue weighted by Gasteiger charge is 2.37. The highest BCUT2D eigenvalue weighted by atomic mass is 32.7. The van der Waals surface area contributed by atoms with Crippen molar-refractivity contribution in [1.29, 1.82) is 0 Å². The average Bonchev–Trinajstić information content (AvgIpc) is 2.61. The van der Waals surface area contributed by atoms with E-state index in [0.29, 0.717) is 10.6 Å². The fourth-order valence-corrected chi connectivity index (χ4v) is 6.64. The van der Waals surface area contributed by atoms with E-state index in [1.807, 2.05) is 6.92 Å². The number of hydrogen-bond acceptors (Lipinski definition) is 5. The molecule has 0 aromatic heterocycles. The first kappa shape index (κ1) is 22.2. The van der Waals surface area contributed by atoms with Crippen LogP contribution in [0.1, 0.15) is 25.8 Å². The summed E-state index contributed by atoms with van der Waals surface area (Å²) in [6, 6.07) is 12.3. The third-order valence-electron chi connectivity index (χ3n) is 3.20. The summed E-state index contributed by atoms with van der Waals surface area (Å²) >= 11 is 1.91. The second kappa shape index (κ2) is 9.92. The number of benzene rings is 2. The van der Waals surface area contributed by atoms with E-state index in [9.17, 15) is 17.7 Å². The van der Waals surface area contributed by atoms with Crippen LogP contribution in [0.3, 0.4) is 0 Å². The Morgan fingerprint density at radius 3 is 2.33 bits per heavy atom. The molecule has 0 radical (unpaired) electrons. The van der Waals surface area contributed by atoms with Crippen LogP contribution in [0.25, 0.3) is 0 Å². The third-order valence-corrected chi connectivity index (χ3v) is 8.27. The molecule has 0 spiro atoms. The minimum absolute atomic E-state index is 0.0981. The minimum Gasteiger partial charge on any atom is -0.416 e. The van der Waals surface area contributed by atoms with Crippen molar-refractivity contribution in [3.05, 3.63) is 54.1 Å². The smallest absolute Gasteiger partial charge is 0.416 e. The first-order valence-corrected chi connectivity index (χ1v) is 12.3. The molecular weight excluding hydrogens is 416 g/mol. The van der Waals surface area contributed by atoms with Crippen molar-refractivity contribution in [3.63, 3.8) is 0 Å². The second-order valence-corrected chi connectivity index (χ2v) is 10.5. The van der Waals surface area contributed by atoms with E-state index in [2.05, 4.69) is 0 Å². The van der Waals surface area contributed by atoms with Gasteiger partial charge in [0, 0.05) is 10.6 Å². The Hall–Kier alpha value is -1.08. The largest absolute Gasteiger partial charge is 0.440 e. The van der Waals surface area contributed by atoms with Gasteiger partial charge in [0.05, 0.1) is 17.1 Å². The zero-order chi connectivity index (χ0) is 19.9. The van der Waals surface area contributed by atoms with Gasteiger partial charge in [0.25, 0.3) is 0 Å². The average molecular weight is 436 g/mol. The standard InChI is InChI=1S/C18H20F3O3PS2/c1-3-13-26-25(22,23-4-2)24-16-12-8-11-15(18(19,20)21)17(16)27-14-9-6-5-7-10-14/h5-12H,3-4,13H2,1-2H3. The molecule has 0 amide bonds. The van der Waals surface area contributed by atoms with Crippen molar-refractivity contribution in [2.75, 3.05) is 12.4 Å². The van der Waals surface area contributed by atoms with E-state index in [0.717, 1.165) is 35.6 Å². The Morgan fingerprint density at radius 2 is 1.74 bits per heavy atom. The van der Waals surface area contributed by atoms with Gasteiger partial charge in [-0.2, -0.15) is 13.2 Å². The molecule has 0 aliphatic heterocycles. The summed E-state index contributed by atoms with van der Waals surface area (Å²) in [6.45, 7) is 0.0754. The van der Waals surface area contributed by atoms with E-state index >= 15 is 0 Å². The molecule has 0 saturated heterocycles. The lowest BCUT2D eigenvalue weighted by atomic mass is 10.2. The van der Waals surface area contributed by atoms with Gasteiger partial charge < -0.3 is 4.52 Å². The van der Waals surface area contributed by atoms with Crippen LogP contribution >= 0.6 is 29.9 Å². The Balaban J connectivity index is 2.46. The highest BCUT2D eigenvalue weighted by Crippen LogP contribution is 2.61. The van der Waals surface area contributed by atoms with Crippen LogP contribution in [-0.4, -0.2) is 12.4 Å². The monoisotopic (exact) mass is 436 g/mol. The van der Waals surface area contributed by atoms with Crippen molar-refractivity contribution >= 4 is 29.9 Å². The molecule has 0 fully saturated rings. The van der Waals surface area contributed by atoms with Gasteiger partial charge in [-0.25, -0.2) is 4.57 Å². The summed E-state index contributed by atoms with van der Waals surface area (Å²) in [5.41, 5.74) is -0.836. The molecule has 0 aliphatic rings. The molecule has 0 saturated carbocycles. The summed E-state index contributed by atoms with van der Waals surface area (Å²) < 4.78 is 64.4. The maximum Gasteiger partial charge on any atom is 0.440 e. The van der Waals surface area contributed by atoms with Crippen LogP contribution in [0.15, 0.2) is 58.3 Å². The molecule has 148 valence electrons. The summed E-state index contributed by atoms with van der Waals surface area (Å²) in [7, 11) is 0. The molecule has 9 heteroatoms. The maximum absolute atomic E-state index is 13.5. The molecule has 27 heavy (non-hydrogen) atoms. The quantitative estimate of drug-likeness (QED) is 0.380. The molecule has 2 aromatic rings. The number of halogens is 3. The Morgan fingerprint density at radius 1 is 1.04 bits per heavy atom. The highest BCUT2D eigenvalue weighted by molar-refractivity contribution is 8.55. The van der Waals surface area contributed by atoms with Crippen LogP contribution in [0.2, 0.25) is 0 Å². The Labute approximate surface area is 165 Å². The van der Waals surface area contributed by atoms with Crippen LogP contribution < -0.4 is 4.52 Å². The van der Waals surface area contributed by atoms with E-state index in [1.54, 1.807) is 37.3 Å². The van der Waals surface area contributed by atoms with E-state index < -0.39 is 18.5 Å². The molecule has 0 bridgehead atoms. The first-order chi connectivity index (χ1) is 12.8. The summed E-state index contributed by atoms with van der Waals surface area (Å²) in [5.74, 6) is 0.413. The van der Waals surface area contributed by atoms with Crippen LogP contribution in [0.4, 0.5) is 13.2 Å². The van der Waals surface area contributed by atoms with Gasteiger partial charge in [0.15, 0.2) is 0 Å². The second-order valence-electron chi connectivity index (χ2n) is 5.34.